The molecule has 0 bridgehead atoms. The van der Waals surface area contributed by atoms with Gasteiger partial charge in [0.25, 0.3) is 0 Å². The van der Waals surface area contributed by atoms with Gasteiger partial charge < -0.3 is 4.74 Å². The van der Waals surface area contributed by atoms with Gasteiger partial charge in [-0.1, -0.05) is 37.3 Å². The lowest BCUT2D eigenvalue weighted by Crippen LogP contribution is -1.92. The van der Waals surface area contributed by atoms with Crippen molar-refractivity contribution in [1.82, 2.24) is 0 Å². The van der Waals surface area contributed by atoms with Crippen LogP contribution in [0.1, 0.15) is 12.5 Å². The van der Waals surface area contributed by atoms with E-state index in [0.29, 0.717) is 5.56 Å². The zero-order chi connectivity index (χ0) is 12.3. The van der Waals surface area contributed by atoms with Crippen LogP contribution in [0.4, 0.5) is 4.39 Å². The Labute approximate surface area is 101 Å². The minimum absolute atomic E-state index is 0.209. The van der Waals surface area contributed by atoms with Crippen molar-refractivity contribution in [3.63, 3.8) is 0 Å². The van der Waals surface area contributed by atoms with Gasteiger partial charge in [0.1, 0.15) is 11.6 Å². The minimum Gasteiger partial charge on any atom is -0.496 e. The van der Waals surface area contributed by atoms with Crippen molar-refractivity contribution < 1.29 is 9.13 Å². The van der Waals surface area contributed by atoms with Crippen molar-refractivity contribution >= 4 is 0 Å². The predicted octanol–water partition coefficient (Wildman–Crippen LogP) is 4.06. The van der Waals surface area contributed by atoms with E-state index in [-0.39, 0.29) is 5.82 Å². The maximum atomic E-state index is 13.7. The molecule has 1 nitrogen and oxygen atoms in total. The second-order valence-electron chi connectivity index (χ2n) is 3.86. The summed E-state index contributed by atoms with van der Waals surface area (Å²) in [6.45, 7) is 2.07. The fraction of sp³-hybridized carbons (Fsp3) is 0.200. The van der Waals surface area contributed by atoms with E-state index in [2.05, 4.69) is 6.92 Å². The molecule has 0 N–H and O–H groups in total. The first kappa shape index (κ1) is 11.6. The van der Waals surface area contributed by atoms with Gasteiger partial charge in [-0.25, -0.2) is 4.39 Å². The van der Waals surface area contributed by atoms with Gasteiger partial charge in [0.15, 0.2) is 0 Å². The Balaban J connectivity index is 2.50. The summed E-state index contributed by atoms with van der Waals surface area (Å²) in [5.74, 6) is 0.604. The van der Waals surface area contributed by atoms with Crippen LogP contribution in [0.5, 0.6) is 5.75 Å². The van der Waals surface area contributed by atoms with Gasteiger partial charge in [-0.05, 0) is 29.7 Å². The van der Waals surface area contributed by atoms with Gasteiger partial charge >= 0.3 is 0 Å². The summed E-state index contributed by atoms with van der Waals surface area (Å²) in [5, 5.41) is 0. The molecule has 2 aromatic carbocycles. The maximum absolute atomic E-state index is 13.7. The number of methoxy groups -OCH3 is 1. The SMILES string of the molecule is CCc1ccc(-c2ccccc2F)cc1OC. The van der Waals surface area contributed by atoms with Crippen LogP contribution in [0.15, 0.2) is 42.5 Å². The minimum atomic E-state index is -0.209. The van der Waals surface area contributed by atoms with Crippen LogP contribution in [-0.4, -0.2) is 7.11 Å². The number of ether oxygens (including phenoxy) is 1. The van der Waals surface area contributed by atoms with Crippen LogP contribution in [0.2, 0.25) is 0 Å². The van der Waals surface area contributed by atoms with E-state index in [1.165, 1.54) is 6.07 Å². The lowest BCUT2D eigenvalue weighted by atomic mass is 10.0. The van der Waals surface area contributed by atoms with Gasteiger partial charge in [-0.3, -0.25) is 0 Å². The Morgan fingerprint density at radius 3 is 2.53 bits per heavy atom. The first-order chi connectivity index (χ1) is 8.26. The van der Waals surface area contributed by atoms with Crippen molar-refractivity contribution in [1.29, 1.82) is 0 Å². The van der Waals surface area contributed by atoms with Crippen LogP contribution in [0.25, 0.3) is 11.1 Å². The monoisotopic (exact) mass is 230 g/mol. The Kier molecular flexibility index (Phi) is 3.43. The second-order valence-corrected chi connectivity index (χ2v) is 3.86. The van der Waals surface area contributed by atoms with E-state index in [1.807, 2.05) is 24.3 Å². The lowest BCUT2D eigenvalue weighted by Gasteiger charge is -2.10. The summed E-state index contributed by atoms with van der Waals surface area (Å²) >= 11 is 0. The normalized spacial score (nSPS) is 10.3. The molecule has 88 valence electrons. The van der Waals surface area contributed by atoms with Crippen molar-refractivity contribution in [3.05, 3.63) is 53.8 Å². The van der Waals surface area contributed by atoms with Crippen molar-refractivity contribution in [2.45, 2.75) is 13.3 Å². The van der Waals surface area contributed by atoms with Crippen LogP contribution in [-0.2, 0) is 6.42 Å². The molecule has 0 aromatic heterocycles. The molecule has 2 rings (SSSR count). The molecule has 0 amide bonds. The molecule has 0 aliphatic heterocycles. The zero-order valence-corrected chi connectivity index (χ0v) is 10.0. The van der Waals surface area contributed by atoms with Gasteiger partial charge in [0.05, 0.1) is 7.11 Å². The summed E-state index contributed by atoms with van der Waals surface area (Å²) in [5.41, 5.74) is 2.58. The van der Waals surface area contributed by atoms with Crippen LogP contribution >= 0.6 is 0 Å². The topological polar surface area (TPSA) is 9.23 Å². The van der Waals surface area contributed by atoms with Gasteiger partial charge in [0, 0.05) is 5.56 Å². The number of halogens is 1. The standard InChI is InChI=1S/C15H15FO/c1-3-11-8-9-12(10-15(11)17-2)13-6-4-5-7-14(13)16/h4-10H,3H2,1-2H3. The average molecular weight is 230 g/mol. The predicted molar refractivity (Wildman–Crippen MR) is 67.8 cm³/mol. The Morgan fingerprint density at radius 1 is 1.12 bits per heavy atom. The summed E-state index contributed by atoms with van der Waals surface area (Å²) in [4.78, 5) is 0. The Hall–Kier alpha value is -1.83. The molecular formula is C15H15FO. The molecule has 0 heterocycles. The fourth-order valence-corrected chi connectivity index (χ4v) is 1.90. The second kappa shape index (κ2) is 5.00. The molecule has 0 aliphatic rings. The van der Waals surface area contributed by atoms with Crippen LogP contribution < -0.4 is 4.74 Å². The van der Waals surface area contributed by atoms with E-state index in [9.17, 15) is 4.39 Å². The van der Waals surface area contributed by atoms with E-state index in [4.69, 9.17) is 4.74 Å². The lowest BCUT2D eigenvalue weighted by molar-refractivity contribution is 0.410. The van der Waals surface area contributed by atoms with E-state index in [0.717, 1.165) is 23.3 Å². The molecule has 0 radical (unpaired) electrons. The highest BCUT2D eigenvalue weighted by molar-refractivity contribution is 5.66. The van der Waals surface area contributed by atoms with Crippen molar-refractivity contribution in [2.24, 2.45) is 0 Å². The highest BCUT2D eigenvalue weighted by atomic mass is 19.1. The average Bonchev–Trinajstić information content (AvgIpc) is 2.38. The van der Waals surface area contributed by atoms with Gasteiger partial charge in [-0.15, -0.1) is 0 Å². The fourth-order valence-electron chi connectivity index (χ4n) is 1.90. The molecule has 0 saturated carbocycles. The summed E-state index contributed by atoms with van der Waals surface area (Å²) in [6, 6.07) is 12.6. The molecule has 0 fully saturated rings. The molecule has 0 saturated heterocycles. The summed E-state index contributed by atoms with van der Waals surface area (Å²) < 4.78 is 19.0. The molecular weight excluding hydrogens is 215 g/mol. The van der Waals surface area contributed by atoms with Gasteiger partial charge in [-0.2, -0.15) is 0 Å². The van der Waals surface area contributed by atoms with E-state index < -0.39 is 0 Å². The quantitative estimate of drug-likeness (QED) is 0.772. The smallest absolute Gasteiger partial charge is 0.131 e. The molecule has 2 aromatic rings. The number of benzene rings is 2. The number of rotatable bonds is 3. The summed E-state index contributed by atoms with van der Waals surface area (Å²) in [6.07, 6.45) is 0.903. The Bertz CT molecular complexity index is 520. The Morgan fingerprint density at radius 2 is 1.88 bits per heavy atom. The molecule has 0 unspecified atom stereocenters. The number of hydrogen-bond acceptors (Lipinski definition) is 1. The summed E-state index contributed by atoms with van der Waals surface area (Å²) in [7, 11) is 1.64. The van der Waals surface area contributed by atoms with Crippen LogP contribution in [0.3, 0.4) is 0 Å². The third kappa shape index (κ3) is 2.31. The largest absolute Gasteiger partial charge is 0.496 e. The van der Waals surface area contributed by atoms with Crippen molar-refractivity contribution in [3.8, 4) is 16.9 Å². The number of hydrogen-bond donors (Lipinski definition) is 0. The van der Waals surface area contributed by atoms with Crippen LogP contribution in [0, 0.1) is 5.82 Å². The molecule has 0 spiro atoms. The highest BCUT2D eigenvalue weighted by Gasteiger charge is 2.07. The van der Waals surface area contributed by atoms with Crippen molar-refractivity contribution in [2.75, 3.05) is 7.11 Å². The molecule has 0 atom stereocenters. The molecule has 17 heavy (non-hydrogen) atoms. The third-order valence-electron chi connectivity index (χ3n) is 2.85. The van der Waals surface area contributed by atoms with E-state index >= 15 is 0 Å². The van der Waals surface area contributed by atoms with E-state index in [1.54, 1.807) is 19.2 Å². The number of aryl methyl sites for hydroxylation is 1. The van der Waals surface area contributed by atoms with Gasteiger partial charge in [0.2, 0.25) is 0 Å². The highest BCUT2D eigenvalue weighted by Crippen LogP contribution is 2.29. The maximum Gasteiger partial charge on any atom is 0.131 e. The first-order valence-electron chi connectivity index (χ1n) is 5.68. The first-order valence-corrected chi connectivity index (χ1v) is 5.68. The molecule has 0 aliphatic carbocycles. The zero-order valence-electron chi connectivity index (χ0n) is 10.0. The molecule has 2 heteroatoms. The third-order valence-corrected chi connectivity index (χ3v) is 2.85.